The van der Waals surface area contributed by atoms with Gasteiger partial charge >= 0.3 is 12.1 Å². The first-order chi connectivity index (χ1) is 17.0. The number of amides is 1. The Hall–Kier alpha value is -2.16. The minimum atomic E-state index is -4.45. The zero-order valence-electron chi connectivity index (χ0n) is 21.5. The highest BCUT2D eigenvalue weighted by Crippen LogP contribution is 2.47. The van der Waals surface area contributed by atoms with Crippen LogP contribution in [0, 0.1) is 17.3 Å². The maximum Gasteiger partial charge on any atom is 0.417 e. The van der Waals surface area contributed by atoms with Crippen molar-refractivity contribution in [1.29, 1.82) is 0 Å². The van der Waals surface area contributed by atoms with Gasteiger partial charge in [-0.2, -0.15) is 13.2 Å². The van der Waals surface area contributed by atoms with Gasteiger partial charge in [-0.15, -0.1) is 0 Å². The Bertz CT molecular complexity index is 959. The molecule has 200 valence electrons. The zero-order chi connectivity index (χ0) is 26.1. The quantitative estimate of drug-likeness (QED) is 0.553. The number of fused-ring (bicyclic) bond motifs is 1. The Morgan fingerprint density at radius 3 is 2.56 bits per heavy atom. The third-order valence-corrected chi connectivity index (χ3v) is 8.55. The summed E-state index contributed by atoms with van der Waals surface area (Å²) in [5.41, 5.74) is -0.145. The number of pyridine rings is 1. The van der Waals surface area contributed by atoms with E-state index in [9.17, 15) is 22.8 Å². The second-order valence-electron chi connectivity index (χ2n) is 11.0. The van der Waals surface area contributed by atoms with Crippen LogP contribution >= 0.6 is 0 Å². The molecule has 6 nitrogen and oxygen atoms in total. The number of nitrogens with zero attached hydrogens (tertiary/aromatic N) is 2. The van der Waals surface area contributed by atoms with Crippen LogP contribution in [-0.4, -0.2) is 47.0 Å². The average molecular weight is 510 g/mol. The SMILES string of the molecule is CCOC(=O)C1CCC(NC2CCC(C(=O)N3CCc4ncc(C(F)(F)F)cc4C3)(C(C)C)C2)CC1. The largest absolute Gasteiger partial charge is 0.466 e. The summed E-state index contributed by atoms with van der Waals surface area (Å²) in [6.07, 6.45) is 2.77. The maximum absolute atomic E-state index is 13.9. The van der Waals surface area contributed by atoms with Crippen LogP contribution in [0.2, 0.25) is 0 Å². The van der Waals surface area contributed by atoms with Crippen LogP contribution in [0.15, 0.2) is 12.3 Å². The van der Waals surface area contributed by atoms with Crippen LogP contribution in [0.4, 0.5) is 13.2 Å². The minimum absolute atomic E-state index is 0.0164. The first-order valence-corrected chi connectivity index (χ1v) is 13.3. The fourth-order valence-corrected chi connectivity index (χ4v) is 6.34. The lowest BCUT2D eigenvalue weighted by atomic mass is 9.73. The van der Waals surface area contributed by atoms with E-state index in [1.165, 1.54) is 0 Å². The van der Waals surface area contributed by atoms with Crippen molar-refractivity contribution in [2.24, 2.45) is 17.3 Å². The number of aromatic nitrogens is 1. The zero-order valence-corrected chi connectivity index (χ0v) is 21.5. The predicted molar refractivity (Wildman–Crippen MR) is 129 cm³/mol. The summed E-state index contributed by atoms with van der Waals surface area (Å²) in [6.45, 7) is 7.04. The molecule has 2 aliphatic carbocycles. The van der Waals surface area contributed by atoms with Gasteiger partial charge in [-0.25, -0.2) is 0 Å². The minimum Gasteiger partial charge on any atom is -0.466 e. The second-order valence-corrected chi connectivity index (χ2v) is 11.0. The van der Waals surface area contributed by atoms with Gasteiger partial charge in [0.2, 0.25) is 5.91 Å². The lowest BCUT2D eigenvalue weighted by Gasteiger charge is -2.40. The van der Waals surface area contributed by atoms with Crippen molar-refractivity contribution < 1.29 is 27.5 Å². The first kappa shape index (κ1) is 26.9. The molecule has 2 unspecified atom stereocenters. The summed E-state index contributed by atoms with van der Waals surface area (Å²) in [4.78, 5) is 31.7. The molecule has 1 N–H and O–H groups in total. The van der Waals surface area contributed by atoms with Crippen molar-refractivity contribution in [3.8, 4) is 0 Å². The Kier molecular flexibility index (Phi) is 7.98. The molecule has 4 rings (SSSR count). The molecule has 1 amide bonds. The Morgan fingerprint density at radius 2 is 1.92 bits per heavy atom. The smallest absolute Gasteiger partial charge is 0.417 e. The number of carbonyl (C=O) groups excluding carboxylic acids is 2. The maximum atomic E-state index is 13.9. The third kappa shape index (κ3) is 5.55. The summed E-state index contributed by atoms with van der Waals surface area (Å²) in [5.74, 6) is 0.0624. The number of ether oxygens (including phenoxy) is 1. The van der Waals surface area contributed by atoms with Crippen LogP contribution in [0.1, 0.15) is 82.5 Å². The molecule has 0 bridgehead atoms. The van der Waals surface area contributed by atoms with E-state index in [1.807, 2.05) is 6.92 Å². The van der Waals surface area contributed by atoms with Crippen LogP contribution < -0.4 is 5.32 Å². The summed E-state index contributed by atoms with van der Waals surface area (Å²) < 4.78 is 44.8. The molecule has 0 radical (unpaired) electrons. The molecule has 3 aliphatic rings. The van der Waals surface area contributed by atoms with Gasteiger partial charge < -0.3 is 15.0 Å². The standard InChI is InChI=1S/C27H38F3N3O3/c1-4-36-24(34)18-5-7-21(8-6-18)32-22-9-11-26(14-22,17(2)3)25(35)33-12-10-23-19(16-33)13-20(15-31-23)27(28,29)30/h13,15,17-18,21-22,32H,4-12,14,16H2,1-3H3. The number of hydrogen-bond acceptors (Lipinski definition) is 5. The predicted octanol–water partition coefficient (Wildman–Crippen LogP) is 4.89. The lowest BCUT2D eigenvalue weighted by molar-refractivity contribution is -0.149. The molecule has 9 heteroatoms. The van der Waals surface area contributed by atoms with Gasteiger partial charge in [0.25, 0.3) is 0 Å². The Balaban J connectivity index is 1.39. The van der Waals surface area contributed by atoms with E-state index in [-0.39, 0.29) is 36.3 Å². The lowest BCUT2D eigenvalue weighted by Crippen LogP contribution is -2.49. The molecule has 36 heavy (non-hydrogen) atoms. The van der Waals surface area contributed by atoms with Gasteiger partial charge in [0.05, 0.1) is 23.5 Å². The molecular weight excluding hydrogens is 471 g/mol. The molecule has 0 saturated heterocycles. The van der Waals surface area contributed by atoms with E-state index in [1.54, 1.807) is 4.90 Å². The van der Waals surface area contributed by atoms with Crippen molar-refractivity contribution >= 4 is 11.9 Å². The van der Waals surface area contributed by atoms with Gasteiger partial charge in [-0.1, -0.05) is 13.8 Å². The number of hydrogen-bond donors (Lipinski definition) is 1. The highest BCUT2D eigenvalue weighted by atomic mass is 19.4. The number of alkyl halides is 3. The van der Waals surface area contributed by atoms with E-state index in [2.05, 4.69) is 24.1 Å². The number of nitrogens with one attached hydrogen (secondary N) is 1. The number of halogens is 3. The highest BCUT2D eigenvalue weighted by molar-refractivity contribution is 5.83. The summed E-state index contributed by atoms with van der Waals surface area (Å²) in [6, 6.07) is 1.69. The molecule has 2 fully saturated rings. The third-order valence-electron chi connectivity index (χ3n) is 8.55. The van der Waals surface area contributed by atoms with Gasteiger partial charge in [-0.3, -0.25) is 14.6 Å². The molecule has 2 heterocycles. The molecular formula is C27H38F3N3O3. The van der Waals surface area contributed by atoms with Gasteiger partial charge in [0, 0.05) is 43.5 Å². The molecule has 0 spiro atoms. The van der Waals surface area contributed by atoms with Gasteiger partial charge in [-0.05, 0) is 69.4 Å². The molecule has 1 aliphatic heterocycles. The first-order valence-electron chi connectivity index (χ1n) is 13.3. The van der Waals surface area contributed by atoms with Gasteiger partial charge in [0.15, 0.2) is 0 Å². The number of esters is 1. The van der Waals surface area contributed by atoms with Gasteiger partial charge in [0.1, 0.15) is 0 Å². The molecule has 0 aromatic carbocycles. The fourth-order valence-electron chi connectivity index (χ4n) is 6.34. The Morgan fingerprint density at radius 1 is 1.19 bits per heavy atom. The fraction of sp³-hybridized carbons (Fsp3) is 0.741. The normalized spacial score (nSPS) is 28.8. The molecule has 1 aromatic rings. The van der Waals surface area contributed by atoms with Crippen LogP contribution in [0.3, 0.4) is 0 Å². The molecule has 2 saturated carbocycles. The van der Waals surface area contributed by atoms with Crippen molar-refractivity contribution in [3.05, 3.63) is 29.1 Å². The summed E-state index contributed by atoms with van der Waals surface area (Å²) >= 11 is 0. The highest BCUT2D eigenvalue weighted by Gasteiger charge is 2.50. The van der Waals surface area contributed by atoms with Crippen molar-refractivity contribution in [2.45, 2.75) is 96.9 Å². The second kappa shape index (κ2) is 10.7. The van der Waals surface area contributed by atoms with Crippen LogP contribution in [0.5, 0.6) is 0 Å². The number of rotatable bonds is 6. The topological polar surface area (TPSA) is 71.5 Å². The van der Waals surface area contributed by atoms with Crippen LogP contribution in [0.25, 0.3) is 0 Å². The van der Waals surface area contributed by atoms with Crippen molar-refractivity contribution in [1.82, 2.24) is 15.2 Å². The summed E-state index contributed by atoms with van der Waals surface area (Å²) in [5, 5.41) is 3.76. The van der Waals surface area contributed by atoms with Crippen molar-refractivity contribution in [3.63, 3.8) is 0 Å². The van der Waals surface area contributed by atoms with E-state index < -0.39 is 17.2 Å². The van der Waals surface area contributed by atoms with E-state index in [0.29, 0.717) is 36.9 Å². The Labute approximate surface area is 211 Å². The molecule has 1 aromatic heterocycles. The van der Waals surface area contributed by atoms with Crippen molar-refractivity contribution in [2.75, 3.05) is 13.2 Å². The van der Waals surface area contributed by atoms with Crippen LogP contribution in [-0.2, 0) is 33.5 Å². The monoisotopic (exact) mass is 509 g/mol. The summed E-state index contributed by atoms with van der Waals surface area (Å²) in [7, 11) is 0. The van der Waals surface area contributed by atoms with E-state index in [0.717, 1.165) is 57.2 Å². The molecule has 2 atom stereocenters. The van der Waals surface area contributed by atoms with E-state index >= 15 is 0 Å². The number of carbonyl (C=O) groups is 2. The van der Waals surface area contributed by atoms with E-state index in [4.69, 9.17) is 4.74 Å². The average Bonchev–Trinajstić information content (AvgIpc) is 3.28.